The molecule has 3 rings (SSSR count). The van der Waals surface area contributed by atoms with E-state index in [-0.39, 0.29) is 0 Å². The lowest BCUT2D eigenvalue weighted by atomic mass is 9.82. The van der Waals surface area contributed by atoms with Gasteiger partial charge in [-0.25, -0.2) is 0 Å². The molecule has 2 unspecified atom stereocenters. The van der Waals surface area contributed by atoms with Gasteiger partial charge in [0.1, 0.15) is 0 Å². The van der Waals surface area contributed by atoms with Gasteiger partial charge in [-0.05, 0) is 68.7 Å². The van der Waals surface area contributed by atoms with Gasteiger partial charge in [0, 0.05) is 19.1 Å². The summed E-state index contributed by atoms with van der Waals surface area (Å²) in [5, 5.41) is 3.62. The molecule has 1 aromatic rings. The van der Waals surface area contributed by atoms with E-state index in [1.807, 2.05) is 0 Å². The van der Waals surface area contributed by atoms with Gasteiger partial charge in [-0.15, -0.1) is 0 Å². The zero-order chi connectivity index (χ0) is 14.5. The molecule has 116 valence electrons. The van der Waals surface area contributed by atoms with E-state index in [2.05, 4.69) is 41.4 Å². The highest BCUT2D eigenvalue weighted by Crippen LogP contribution is 2.33. The Kier molecular flexibility index (Phi) is 5.32. The summed E-state index contributed by atoms with van der Waals surface area (Å²) in [5.74, 6) is 0.765. The van der Waals surface area contributed by atoms with Crippen LogP contribution >= 0.6 is 0 Å². The van der Waals surface area contributed by atoms with Gasteiger partial charge in [0.2, 0.25) is 0 Å². The monoisotopic (exact) mass is 286 g/mol. The Morgan fingerprint density at radius 3 is 3.00 bits per heavy atom. The molecule has 1 aliphatic heterocycles. The Morgan fingerprint density at radius 1 is 1.19 bits per heavy atom. The first-order valence-electron chi connectivity index (χ1n) is 8.91. The lowest BCUT2D eigenvalue weighted by Crippen LogP contribution is -2.40. The van der Waals surface area contributed by atoms with Crippen molar-refractivity contribution in [2.45, 2.75) is 57.4 Å². The minimum absolute atomic E-state index is 0.765. The fraction of sp³-hybridized carbons (Fsp3) is 0.684. The molecule has 2 aliphatic rings. The topological polar surface area (TPSA) is 15.3 Å². The number of nitrogens with zero attached hydrogens (tertiary/aromatic N) is 1. The number of fused-ring (bicyclic) bond motifs is 1. The van der Waals surface area contributed by atoms with E-state index >= 15 is 0 Å². The first kappa shape index (κ1) is 15.1. The van der Waals surface area contributed by atoms with Crippen LogP contribution in [-0.2, 0) is 6.42 Å². The molecule has 1 N–H and O–H groups in total. The van der Waals surface area contributed by atoms with Crippen LogP contribution in [0.4, 0.5) is 0 Å². The summed E-state index contributed by atoms with van der Waals surface area (Å²) in [6.45, 7) is 7.17. The van der Waals surface area contributed by atoms with E-state index < -0.39 is 0 Å². The normalized spacial score (nSPS) is 26.0. The lowest BCUT2D eigenvalue weighted by Gasteiger charge is -2.32. The van der Waals surface area contributed by atoms with Crippen molar-refractivity contribution in [3.63, 3.8) is 0 Å². The summed E-state index contributed by atoms with van der Waals surface area (Å²) in [6.07, 6.45) is 8.03. The number of likely N-dealkylation sites (tertiary alicyclic amines) is 1. The van der Waals surface area contributed by atoms with Gasteiger partial charge in [0.05, 0.1) is 0 Å². The molecule has 0 spiro atoms. The quantitative estimate of drug-likeness (QED) is 0.804. The van der Waals surface area contributed by atoms with Crippen molar-refractivity contribution in [3.8, 4) is 0 Å². The maximum atomic E-state index is 3.62. The van der Waals surface area contributed by atoms with Crippen molar-refractivity contribution in [2.24, 2.45) is 0 Å². The molecule has 2 atom stereocenters. The molecule has 1 fully saturated rings. The highest BCUT2D eigenvalue weighted by Gasteiger charge is 2.28. The minimum atomic E-state index is 0.765. The summed E-state index contributed by atoms with van der Waals surface area (Å²) in [6, 6.07) is 9.91. The lowest BCUT2D eigenvalue weighted by molar-refractivity contribution is 0.225. The zero-order valence-corrected chi connectivity index (χ0v) is 13.5. The van der Waals surface area contributed by atoms with E-state index in [1.165, 1.54) is 58.2 Å². The fourth-order valence-electron chi connectivity index (χ4n) is 4.14. The Hall–Kier alpha value is -0.860. The number of hydrogen-bond donors (Lipinski definition) is 1. The Balaban J connectivity index is 1.61. The van der Waals surface area contributed by atoms with Crippen molar-refractivity contribution in [2.75, 3.05) is 26.2 Å². The molecule has 1 saturated heterocycles. The van der Waals surface area contributed by atoms with Crippen molar-refractivity contribution in [1.82, 2.24) is 10.2 Å². The van der Waals surface area contributed by atoms with E-state index in [0.29, 0.717) is 0 Å². The predicted octanol–water partition coefficient (Wildman–Crippen LogP) is 3.57. The van der Waals surface area contributed by atoms with Crippen LogP contribution < -0.4 is 5.32 Å². The van der Waals surface area contributed by atoms with Crippen molar-refractivity contribution < 1.29 is 0 Å². The van der Waals surface area contributed by atoms with Crippen LogP contribution in [0.1, 0.15) is 56.1 Å². The van der Waals surface area contributed by atoms with Crippen LogP contribution in [0.5, 0.6) is 0 Å². The largest absolute Gasteiger partial charge is 0.315 e. The average Bonchev–Trinajstić information content (AvgIpc) is 2.95. The van der Waals surface area contributed by atoms with Gasteiger partial charge < -0.3 is 5.32 Å². The number of aryl methyl sites for hydroxylation is 1. The molecular formula is C19H30N2. The van der Waals surface area contributed by atoms with Gasteiger partial charge in [-0.2, -0.15) is 0 Å². The fourth-order valence-corrected chi connectivity index (χ4v) is 4.14. The highest BCUT2D eigenvalue weighted by molar-refractivity contribution is 5.32. The number of benzene rings is 1. The molecular weight excluding hydrogens is 256 g/mol. The van der Waals surface area contributed by atoms with Crippen LogP contribution in [-0.4, -0.2) is 37.1 Å². The molecule has 21 heavy (non-hydrogen) atoms. The van der Waals surface area contributed by atoms with Crippen molar-refractivity contribution >= 4 is 0 Å². The number of hydrogen-bond acceptors (Lipinski definition) is 2. The average molecular weight is 286 g/mol. The molecule has 2 nitrogen and oxygen atoms in total. The smallest absolute Gasteiger partial charge is 0.0221 e. The van der Waals surface area contributed by atoms with E-state index in [1.54, 1.807) is 11.1 Å². The summed E-state index contributed by atoms with van der Waals surface area (Å²) in [4.78, 5) is 2.76. The molecule has 0 amide bonds. The van der Waals surface area contributed by atoms with Gasteiger partial charge in [-0.3, -0.25) is 4.90 Å². The molecule has 0 aromatic heterocycles. The van der Waals surface area contributed by atoms with Gasteiger partial charge >= 0.3 is 0 Å². The Labute approximate surface area is 129 Å². The second kappa shape index (κ2) is 7.42. The third-order valence-electron chi connectivity index (χ3n) is 5.25. The third kappa shape index (κ3) is 3.67. The zero-order valence-electron chi connectivity index (χ0n) is 13.5. The molecule has 1 aromatic carbocycles. The summed E-state index contributed by atoms with van der Waals surface area (Å²) < 4.78 is 0. The predicted molar refractivity (Wildman–Crippen MR) is 89.9 cm³/mol. The standard InChI is InChI=1S/C19H30N2/c1-2-12-20-14-18-10-6-13-21(18)15-17-9-5-8-16-7-3-4-11-19(16)17/h3-4,7,11,17-18,20H,2,5-6,8-10,12-15H2,1H3. The first-order chi connectivity index (χ1) is 10.4. The van der Waals surface area contributed by atoms with E-state index in [4.69, 9.17) is 0 Å². The highest BCUT2D eigenvalue weighted by atomic mass is 15.2. The first-order valence-corrected chi connectivity index (χ1v) is 8.91. The molecule has 0 radical (unpaired) electrons. The summed E-state index contributed by atoms with van der Waals surface area (Å²) >= 11 is 0. The molecule has 2 heteroatoms. The van der Waals surface area contributed by atoms with Crippen molar-refractivity contribution in [1.29, 1.82) is 0 Å². The number of nitrogens with one attached hydrogen (secondary N) is 1. The summed E-state index contributed by atoms with van der Waals surface area (Å²) in [5.41, 5.74) is 3.24. The van der Waals surface area contributed by atoms with Crippen LogP contribution in [0.2, 0.25) is 0 Å². The SMILES string of the molecule is CCCNCC1CCCN1CC1CCCc2ccccc21. The second-order valence-electron chi connectivity index (χ2n) is 6.78. The maximum absolute atomic E-state index is 3.62. The van der Waals surface area contributed by atoms with Gasteiger partial charge in [0.25, 0.3) is 0 Å². The Morgan fingerprint density at radius 2 is 2.10 bits per heavy atom. The van der Waals surface area contributed by atoms with Crippen LogP contribution in [0.25, 0.3) is 0 Å². The molecule has 0 bridgehead atoms. The van der Waals surface area contributed by atoms with Gasteiger partial charge in [-0.1, -0.05) is 31.2 Å². The second-order valence-corrected chi connectivity index (χ2v) is 6.78. The van der Waals surface area contributed by atoms with E-state index in [9.17, 15) is 0 Å². The maximum Gasteiger partial charge on any atom is 0.0221 e. The minimum Gasteiger partial charge on any atom is -0.315 e. The van der Waals surface area contributed by atoms with Crippen molar-refractivity contribution in [3.05, 3.63) is 35.4 Å². The molecule has 1 heterocycles. The Bertz CT molecular complexity index is 443. The van der Waals surface area contributed by atoms with Crippen LogP contribution in [0.3, 0.4) is 0 Å². The van der Waals surface area contributed by atoms with Crippen LogP contribution in [0.15, 0.2) is 24.3 Å². The van der Waals surface area contributed by atoms with E-state index in [0.717, 1.165) is 18.5 Å². The molecule has 0 saturated carbocycles. The summed E-state index contributed by atoms with van der Waals surface area (Å²) in [7, 11) is 0. The van der Waals surface area contributed by atoms with Gasteiger partial charge in [0.15, 0.2) is 0 Å². The molecule has 1 aliphatic carbocycles. The van der Waals surface area contributed by atoms with Crippen LogP contribution in [0, 0.1) is 0 Å². The number of rotatable bonds is 6. The third-order valence-corrected chi connectivity index (χ3v) is 5.25.